The van der Waals surface area contributed by atoms with Crippen molar-refractivity contribution in [1.29, 1.82) is 0 Å². The molecule has 0 aliphatic rings. The van der Waals surface area contributed by atoms with Gasteiger partial charge in [0.1, 0.15) is 22.8 Å². The topological polar surface area (TPSA) is 98.1 Å². The second-order valence-electron chi connectivity index (χ2n) is 8.06. The Morgan fingerprint density at radius 3 is 2.50 bits per heavy atom. The highest BCUT2D eigenvalue weighted by molar-refractivity contribution is 6.42. The largest absolute Gasteiger partial charge is 0.497 e. The van der Waals surface area contributed by atoms with E-state index in [1.165, 1.54) is 0 Å². The van der Waals surface area contributed by atoms with Crippen LogP contribution in [0.25, 0.3) is 22.4 Å². The minimum Gasteiger partial charge on any atom is -0.497 e. The maximum Gasteiger partial charge on any atom is 0.278 e. The number of anilines is 1. The molecule has 4 rings (SSSR count). The number of halogens is 2. The summed E-state index contributed by atoms with van der Waals surface area (Å²) in [6, 6.07) is 16.2. The van der Waals surface area contributed by atoms with E-state index in [9.17, 15) is 9.59 Å². The fourth-order valence-electron chi connectivity index (χ4n) is 3.73. The van der Waals surface area contributed by atoms with Crippen molar-refractivity contribution in [2.45, 2.75) is 25.9 Å². The molecule has 0 spiro atoms. The number of ether oxygens (including phenoxy) is 1. The van der Waals surface area contributed by atoms with Gasteiger partial charge in [0, 0.05) is 32.1 Å². The standard InChI is InChI=1S/C26H25Cl2N5O3/c1-29-23(34)4-3-13-33-25-21(31-24(26(33)35)17-6-8-18(36-2)9-7-17)11-12-22(32-25)30-15-16-5-10-19(27)20(28)14-16/h5-12,14H,3-4,13,15H2,1-2H3,(H,29,34)(H,30,32). The minimum absolute atomic E-state index is 0.0891. The molecule has 1 amide bonds. The highest BCUT2D eigenvalue weighted by Gasteiger charge is 2.15. The molecule has 0 aliphatic heterocycles. The van der Waals surface area contributed by atoms with Gasteiger partial charge in [-0.2, -0.15) is 0 Å². The highest BCUT2D eigenvalue weighted by atomic mass is 35.5. The Hall–Kier alpha value is -3.62. The molecule has 0 unspecified atom stereocenters. The first-order valence-electron chi connectivity index (χ1n) is 11.3. The van der Waals surface area contributed by atoms with Crippen LogP contribution in [0.4, 0.5) is 5.82 Å². The van der Waals surface area contributed by atoms with Crippen LogP contribution in [0, 0.1) is 0 Å². The predicted molar refractivity (Wildman–Crippen MR) is 143 cm³/mol. The van der Waals surface area contributed by atoms with Gasteiger partial charge in [0.25, 0.3) is 5.56 Å². The van der Waals surface area contributed by atoms with E-state index in [0.29, 0.717) is 70.0 Å². The molecule has 0 atom stereocenters. The van der Waals surface area contributed by atoms with Crippen LogP contribution < -0.4 is 20.9 Å². The maximum absolute atomic E-state index is 13.5. The maximum atomic E-state index is 13.5. The van der Waals surface area contributed by atoms with Gasteiger partial charge >= 0.3 is 0 Å². The van der Waals surface area contributed by atoms with Crippen molar-refractivity contribution in [2.24, 2.45) is 0 Å². The van der Waals surface area contributed by atoms with Gasteiger partial charge in [0.2, 0.25) is 5.91 Å². The summed E-state index contributed by atoms with van der Waals surface area (Å²) in [7, 11) is 3.17. The van der Waals surface area contributed by atoms with Gasteiger partial charge in [-0.15, -0.1) is 0 Å². The molecule has 0 aliphatic carbocycles. The fourth-order valence-corrected chi connectivity index (χ4v) is 4.05. The van der Waals surface area contributed by atoms with Crippen molar-refractivity contribution in [3.63, 3.8) is 0 Å². The summed E-state index contributed by atoms with van der Waals surface area (Å²) >= 11 is 12.1. The van der Waals surface area contributed by atoms with E-state index in [1.807, 2.05) is 18.2 Å². The Balaban J connectivity index is 1.70. The van der Waals surface area contributed by atoms with Crippen LogP contribution in [0.15, 0.2) is 59.4 Å². The third-order valence-electron chi connectivity index (χ3n) is 5.68. The number of carbonyl (C=O) groups excluding carboxylic acids is 1. The van der Waals surface area contributed by atoms with Gasteiger partial charge in [0.15, 0.2) is 5.65 Å². The van der Waals surface area contributed by atoms with Crippen molar-refractivity contribution < 1.29 is 9.53 Å². The number of carbonyl (C=O) groups is 1. The third-order valence-corrected chi connectivity index (χ3v) is 6.41. The van der Waals surface area contributed by atoms with Crippen LogP contribution in [0.3, 0.4) is 0 Å². The molecule has 0 fully saturated rings. The molecule has 0 saturated heterocycles. The molecule has 10 heteroatoms. The number of rotatable bonds is 9. The second kappa shape index (κ2) is 11.4. The van der Waals surface area contributed by atoms with E-state index in [4.69, 9.17) is 27.9 Å². The van der Waals surface area contributed by atoms with Crippen LogP contribution in [0.1, 0.15) is 18.4 Å². The summed E-state index contributed by atoms with van der Waals surface area (Å²) in [5, 5.41) is 6.83. The van der Waals surface area contributed by atoms with E-state index in [2.05, 4.69) is 20.6 Å². The number of nitrogens with one attached hydrogen (secondary N) is 2. The number of amides is 1. The number of pyridine rings is 1. The quantitative estimate of drug-likeness (QED) is 0.322. The van der Waals surface area contributed by atoms with Crippen LogP contribution in [-0.2, 0) is 17.9 Å². The molecule has 4 aromatic rings. The molecule has 0 bridgehead atoms. The normalized spacial score (nSPS) is 10.9. The van der Waals surface area contributed by atoms with E-state index < -0.39 is 0 Å². The second-order valence-corrected chi connectivity index (χ2v) is 8.88. The van der Waals surface area contributed by atoms with E-state index >= 15 is 0 Å². The predicted octanol–water partition coefficient (Wildman–Crippen LogP) is 4.91. The lowest BCUT2D eigenvalue weighted by Crippen LogP contribution is -2.26. The third kappa shape index (κ3) is 5.78. The minimum atomic E-state index is -0.279. The van der Waals surface area contributed by atoms with Crippen LogP contribution in [-0.4, -0.2) is 34.6 Å². The van der Waals surface area contributed by atoms with Gasteiger partial charge in [0.05, 0.1) is 17.2 Å². The summed E-state index contributed by atoms with van der Waals surface area (Å²) in [4.78, 5) is 34.6. The number of hydrogen-bond acceptors (Lipinski definition) is 6. The lowest BCUT2D eigenvalue weighted by molar-refractivity contribution is -0.120. The zero-order valence-corrected chi connectivity index (χ0v) is 21.4. The molecular formula is C26H25Cl2N5O3. The Labute approximate surface area is 218 Å². The van der Waals surface area contributed by atoms with Gasteiger partial charge in [-0.1, -0.05) is 29.3 Å². The van der Waals surface area contributed by atoms with Gasteiger partial charge in [-0.05, 0) is 60.5 Å². The Bertz CT molecular complexity index is 1450. The average molecular weight is 526 g/mol. The molecule has 186 valence electrons. The number of fused-ring (bicyclic) bond motifs is 1. The summed E-state index contributed by atoms with van der Waals surface area (Å²) in [6.07, 6.45) is 0.767. The first kappa shape index (κ1) is 25.5. The van der Waals surface area contributed by atoms with E-state index in [1.54, 1.807) is 55.1 Å². The number of aryl methyl sites for hydroxylation is 1. The highest BCUT2D eigenvalue weighted by Crippen LogP contribution is 2.24. The Kier molecular flexibility index (Phi) is 8.07. The first-order chi connectivity index (χ1) is 17.4. The number of hydrogen-bond donors (Lipinski definition) is 2. The molecule has 0 saturated carbocycles. The number of benzene rings is 2. The molecule has 0 radical (unpaired) electrons. The van der Waals surface area contributed by atoms with Crippen molar-refractivity contribution >= 4 is 46.1 Å². The Morgan fingerprint density at radius 1 is 1.03 bits per heavy atom. The zero-order valence-electron chi connectivity index (χ0n) is 19.8. The SMILES string of the molecule is CNC(=O)CCCn1c(=O)c(-c2ccc(OC)cc2)nc2ccc(NCc3ccc(Cl)c(Cl)c3)nc21. The molecule has 36 heavy (non-hydrogen) atoms. The van der Waals surface area contributed by atoms with Gasteiger partial charge < -0.3 is 15.4 Å². The lowest BCUT2D eigenvalue weighted by atomic mass is 10.1. The van der Waals surface area contributed by atoms with E-state index in [0.717, 1.165) is 5.56 Å². The van der Waals surface area contributed by atoms with Crippen molar-refractivity contribution in [1.82, 2.24) is 19.9 Å². The number of nitrogens with zero attached hydrogens (tertiary/aromatic N) is 3. The van der Waals surface area contributed by atoms with Crippen LogP contribution in [0.2, 0.25) is 10.0 Å². The smallest absolute Gasteiger partial charge is 0.278 e. The first-order valence-corrected chi connectivity index (χ1v) is 12.1. The average Bonchev–Trinajstić information content (AvgIpc) is 2.90. The van der Waals surface area contributed by atoms with Crippen LogP contribution in [0.5, 0.6) is 5.75 Å². The van der Waals surface area contributed by atoms with E-state index in [-0.39, 0.29) is 11.5 Å². The fraction of sp³-hybridized carbons (Fsp3) is 0.231. The van der Waals surface area contributed by atoms with Crippen molar-refractivity contribution in [2.75, 3.05) is 19.5 Å². The summed E-state index contributed by atoms with van der Waals surface area (Å²) < 4.78 is 6.80. The Morgan fingerprint density at radius 2 is 1.81 bits per heavy atom. The van der Waals surface area contributed by atoms with Crippen molar-refractivity contribution in [3.05, 3.63) is 80.6 Å². The van der Waals surface area contributed by atoms with Gasteiger partial charge in [-0.3, -0.25) is 14.2 Å². The summed E-state index contributed by atoms with van der Waals surface area (Å²) in [5.41, 5.74) is 2.64. The molecule has 2 heterocycles. The summed E-state index contributed by atoms with van der Waals surface area (Å²) in [6.45, 7) is 0.783. The van der Waals surface area contributed by atoms with Gasteiger partial charge in [-0.25, -0.2) is 9.97 Å². The van der Waals surface area contributed by atoms with Crippen LogP contribution >= 0.6 is 23.2 Å². The molecule has 2 aromatic heterocycles. The molecule has 2 aromatic carbocycles. The molecule has 2 N–H and O–H groups in total. The van der Waals surface area contributed by atoms with Crippen molar-refractivity contribution in [3.8, 4) is 17.0 Å². The monoisotopic (exact) mass is 525 g/mol. The zero-order chi connectivity index (χ0) is 25.7. The summed E-state index contributed by atoms with van der Waals surface area (Å²) in [5.74, 6) is 1.17. The number of methoxy groups -OCH3 is 1. The lowest BCUT2D eigenvalue weighted by Gasteiger charge is -2.14. The molecule has 8 nitrogen and oxygen atoms in total. The number of aromatic nitrogens is 3. The molecular weight excluding hydrogens is 501 g/mol.